The summed E-state index contributed by atoms with van der Waals surface area (Å²) in [4.78, 5) is 44.0. The monoisotopic (exact) mass is 396 g/mol. The van der Waals surface area contributed by atoms with Gasteiger partial charge in [0.05, 0.1) is 10.9 Å². The Balaban J connectivity index is 2.33. The Morgan fingerprint density at radius 1 is 1.17 bits per heavy atom. The highest BCUT2D eigenvalue weighted by molar-refractivity contribution is 6.45. The molecule has 2 aromatic heterocycles. The smallest absolute Gasteiger partial charge is 0.341 e. The number of primary amides is 1. The van der Waals surface area contributed by atoms with Crippen molar-refractivity contribution in [1.29, 1.82) is 0 Å². The molecule has 150 valence electrons. The van der Waals surface area contributed by atoms with Crippen LogP contribution in [0, 0.1) is 6.92 Å². The van der Waals surface area contributed by atoms with Crippen LogP contribution >= 0.6 is 0 Å². The first-order chi connectivity index (χ1) is 13.8. The summed E-state index contributed by atoms with van der Waals surface area (Å²) in [5.41, 5.74) is 7.21. The molecule has 0 aliphatic heterocycles. The zero-order valence-corrected chi connectivity index (χ0v) is 16.0. The molecule has 0 unspecified atom stereocenters. The van der Waals surface area contributed by atoms with Crippen molar-refractivity contribution in [3.63, 3.8) is 0 Å². The summed E-state index contributed by atoms with van der Waals surface area (Å²) in [6.07, 6.45) is 0.412. The minimum atomic E-state index is -1.20. The van der Waals surface area contributed by atoms with E-state index in [-0.39, 0.29) is 16.8 Å². The lowest BCUT2D eigenvalue weighted by atomic mass is 10.1. The van der Waals surface area contributed by atoms with Crippen molar-refractivity contribution in [2.24, 2.45) is 5.73 Å². The Morgan fingerprint density at radius 3 is 2.45 bits per heavy atom. The van der Waals surface area contributed by atoms with Gasteiger partial charge in [0.25, 0.3) is 11.7 Å². The lowest BCUT2D eigenvalue weighted by Gasteiger charge is -2.10. The fraction of sp³-hybridized carbons (Fsp3) is 0.250. The van der Waals surface area contributed by atoms with Crippen molar-refractivity contribution in [2.45, 2.75) is 26.8 Å². The molecule has 1 amide bonds. The van der Waals surface area contributed by atoms with Crippen LogP contribution in [0.2, 0.25) is 0 Å². The molecule has 0 atom stereocenters. The zero-order valence-electron chi connectivity index (χ0n) is 16.0. The van der Waals surface area contributed by atoms with E-state index in [1.165, 1.54) is 0 Å². The lowest BCUT2D eigenvalue weighted by Crippen LogP contribution is -2.24. The minimum absolute atomic E-state index is 0.0475. The molecule has 0 saturated carbocycles. The molecule has 3 N–H and O–H groups in total. The summed E-state index contributed by atoms with van der Waals surface area (Å²) in [6.45, 7) is 3.21. The molecule has 0 aliphatic carbocycles. The minimum Gasteiger partial charge on any atom is -0.479 e. The number of aryl methyl sites for hydroxylation is 1. The molecule has 9 nitrogen and oxygen atoms in total. The second kappa shape index (κ2) is 8.09. The number of fused-ring (bicyclic) bond motifs is 1. The van der Waals surface area contributed by atoms with Gasteiger partial charge in [0.1, 0.15) is 11.5 Å². The van der Waals surface area contributed by atoms with E-state index in [2.05, 4.69) is 9.97 Å². The highest BCUT2D eigenvalue weighted by Crippen LogP contribution is 2.33. The Kier molecular flexibility index (Phi) is 5.58. The van der Waals surface area contributed by atoms with Gasteiger partial charge in [-0.25, -0.2) is 9.78 Å². The Bertz CT molecular complexity index is 1110. The number of carboxylic acids is 1. The van der Waals surface area contributed by atoms with Gasteiger partial charge in [0.2, 0.25) is 5.88 Å². The Morgan fingerprint density at radius 2 is 1.86 bits per heavy atom. The maximum absolute atomic E-state index is 12.7. The number of hydrogen-bond donors (Lipinski definition) is 2. The molecule has 0 radical (unpaired) electrons. The number of nitrogens with two attached hydrogens (primary N) is 1. The summed E-state index contributed by atoms with van der Waals surface area (Å²) >= 11 is 0. The van der Waals surface area contributed by atoms with E-state index in [1.807, 2.05) is 41.8 Å². The van der Waals surface area contributed by atoms with E-state index in [0.717, 1.165) is 5.56 Å². The van der Waals surface area contributed by atoms with Gasteiger partial charge < -0.3 is 20.1 Å². The van der Waals surface area contributed by atoms with Crippen molar-refractivity contribution < 1.29 is 24.2 Å². The zero-order chi connectivity index (χ0) is 21.1. The normalized spacial score (nSPS) is 10.8. The van der Waals surface area contributed by atoms with E-state index in [0.29, 0.717) is 30.1 Å². The Labute approximate surface area is 166 Å². The molecule has 9 heteroatoms. The molecular formula is C20H20N4O5. The molecule has 3 aromatic rings. The summed E-state index contributed by atoms with van der Waals surface area (Å²) in [5.74, 6) is -2.95. The van der Waals surface area contributed by atoms with Gasteiger partial charge in [-0.2, -0.15) is 4.98 Å². The van der Waals surface area contributed by atoms with Crippen molar-refractivity contribution in [3.05, 3.63) is 53.0 Å². The second-order valence-corrected chi connectivity index (χ2v) is 6.40. The van der Waals surface area contributed by atoms with E-state index in [1.54, 1.807) is 6.92 Å². The van der Waals surface area contributed by atoms with E-state index >= 15 is 0 Å². The van der Waals surface area contributed by atoms with Gasteiger partial charge in [0, 0.05) is 12.2 Å². The van der Waals surface area contributed by atoms with Gasteiger partial charge in [-0.3, -0.25) is 9.59 Å². The van der Waals surface area contributed by atoms with Gasteiger partial charge >= 0.3 is 5.97 Å². The third-order valence-corrected chi connectivity index (χ3v) is 4.39. The highest BCUT2D eigenvalue weighted by Gasteiger charge is 2.29. The molecule has 0 saturated heterocycles. The van der Waals surface area contributed by atoms with Crippen LogP contribution in [0.3, 0.4) is 0 Å². The number of aliphatic carboxylic acids is 1. The van der Waals surface area contributed by atoms with Crippen LogP contribution in [-0.4, -0.2) is 43.9 Å². The first kappa shape index (κ1) is 20.0. The quantitative estimate of drug-likeness (QED) is 0.434. The van der Waals surface area contributed by atoms with Gasteiger partial charge in [-0.15, -0.1) is 0 Å². The molecule has 0 bridgehead atoms. The van der Waals surface area contributed by atoms with Crippen molar-refractivity contribution in [1.82, 2.24) is 14.5 Å². The van der Waals surface area contributed by atoms with Crippen LogP contribution < -0.4 is 10.5 Å². The highest BCUT2D eigenvalue weighted by atomic mass is 16.5. The summed E-state index contributed by atoms with van der Waals surface area (Å²) < 4.78 is 7.14. The SMILES string of the molecule is CCc1c(C(=O)C(N)=O)c2c(OCC(=O)O)nc(C)nc2n1Cc1ccccc1. The largest absolute Gasteiger partial charge is 0.479 e. The number of ketones is 1. The van der Waals surface area contributed by atoms with E-state index in [9.17, 15) is 14.4 Å². The molecule has 1 aromatic carbocycles. The first-order valence-electron chi connectivity index (χ1n) is 8.95. The maximum Gasteiger partial charge on any atom is 0.341 e. The second-order valence-electron chi connectivity index (χ2n) is 6.40. The molecular weight excluding hydrogens is 376 g/mol. The topological polar surface area (TPSA) is 137 Å². The van der Waals surface area contributed by atoms with E-state index in [4.69, 9.17) is 15.6 Å². The average molecular weight is 396 g/mol. The molecule has 2 heterocycles. The third kappa shape index (κ3) is 3.93. The summed E-state index contributed by atoms with van der Waals surface area (Å²) in [6, 6.07) is 9.53. The first-order valence-corrected chi connectivity index (χ1v) is 8.95. The van der Waals surface area contributed by atoms with E-state index < -0.39 is 24.3 Å². The fourth-order valence-electron chi connectivity index (χ4n) is 3.26. The molecule has 0 fully saturated rings. The number of carbonyl (C=O) groups excluding carboxylic acids is 2. The number of ether oxygens (including phenoxy) is 1. The number of aromatic nitrogens is 3. The number of Topliss-reactive ketones (excluding diaryl/α,β-unsaturated/α-hetero) is 1. The number of carbonyl (C=O) groups is 3. The van der Waals surface area contributed by atoms with Crippen LogP contribution in [0.15, 0.2) is 30.3 Å². The van der Waals surface area contributed by atoms with Crippen molar-refractivity contribution in [2.75, 3.05) is 6.61 Å². The molecule has 29 heavy (non-hydrogen) atoms. The fourth-order valence-corrected chi connectivity index (χ4v) is 3.26. The standard InChI is InChI=1S/C20H20N4O5/c1-3-13-15(17(27)18(21)28)16-19(24(13)9-12-7-5-4-6-8-12)22-11(2)23-20(16)29-10-14(25)26/h4-8H,3,9-10H2,1-2H3,(H2,21,28)(H,25,26). The van der Waals surface area contributed by atoms with Gasteiger partial charge in [-0.05, 0) is 18.9 Å². The van der Waals surface area contributed by atoms with Crippen LogP contribution in [0.4, 0.5) is 0 Å². The number of rotatable bonds is 8. The predicted octanol–water partition coefficient (Wildman–Crippen LogP) is 1.48. The van der Waals surface area contributed by atoms with Crippen LogP contribution in [0.1, 0.15) is 34.4 Å². The molecule has 0 aliphatic rings. The predicted molar refractivity (Wildman–Crippen MR) is 104 cm³/mol. The van der Waals surface area contributed by atoms with Crippen LogP contribution in [-0.2, 0) is 22.6 Å². The number of carboxylic acid groups (broad SMARTS) is 1. The Hall–Kier alpha value is -3.75. The number of hydrogen-bond acceptors (Lipinski definition) is 6. The van der Waals surface area contributed by atoms with Crippen molar-refractivity contribution in [3.8, 4) is 5.88 Å². The molecule has 0 spiro atoms. The molecule has 3 rings (SSSR count). The summed E-state index contributed by atoms with van der Waals surface area (Å²) in [7, 11) is 0. The van der Waals surface area contributed by atoms with Crippen molar-refractivity contribution >= 4 is 28.7 Å². The number of benzene rings is 1. The van der Waals surface area contributed by atoms with Gasteiger partial charge in [0.15, 0.2) is 6.61 Å². The number of nitrogens with zero attached hydrogens (tertiary/aromatic N) is 3. The third-order valence-electron chi connectivity index (χ3n) is 4.39. The number of amides is 1. The van der Waals surface area contributed by atoms with Gasteiger partial charge in [-0.1, -0.05) is 37.3 Å². The lowest BCUT2D eigenvalue weighted by molar-refractivity contribution is -0.139. The average Bonchev–Trinajstić information content (AvgIpc) is 2.99. The summed E-state index contributed by atoms with van der Waals surface area (Å²) in [5, 5.41) is 9.16. The van der Waals surface area contributed by atoms with Crippen LogP contribution in [0.25, 0.3) is 11.0 Å². The van der Waals surface area contributed by atoms with Crippen LogP contribution in [0.5, 0.6) is 5.88 Å². The maximum atomic E-state index is 12.7.